The number of amides is 1. The maximum absolute atomic E-state index is 13.1. The summed E-state index contributed by atoms with van der Waals surface area (Å²) < 4.78 is 5.55. The molecule has 4 nitrogen and oxygen atoms in total. The Kier molecular flexibility index (Phi) is 5.21. The fraction of sp³-hybridized carbons (Fsp3) is 0.682. The van der Waals surface area contributed by atoms with Crippen LogP contribution in [0.3, 0.4) is 0 Å². The largest absolute Gasteiger partial charge is 0.494 e. The van der Waals surface area contributed by atoms with Crippen molar-refractivity contribution < 1.29 is 9.53 Å². The fourth-order valence-electron chi connectivity index (χ4n) is 4.47. The minimum Gasteiger partial charge on any atom is -0.494 e. The number of likely N-dealkylation sites (tertiary alicyclic amines) is 1. The highest BCUT2D eigenvalue weighted by Gasteiger charge is 2.41. The van der Waals surface area contributed by atoms with Crippen molar-refractivity contribution in [1.82, 2.24) is 9.80 Å². The zero-order valence-corrected chi connectivity index (χ0v) is 16.2. The molecule has 0 bridgehead atoms. The molecule has 1 saturated heterocycles. The van der Waals surface area contributed by atoms with Crippen LogP contribution in [0.2, 0.25) is 0 Å². The smallest absolute Gasteiger partial charge is 0.237 e. The van der Waals surface area contributed by atoms with Gasteiger partial charge in [0.05, 0.1) is 19.2 Å². The Bertz CT molecular complexity index is 622. The van der Waals surface area contributed by atoms with Crippen LogP contribution in [0.4, 0.5) is 0 Å². The molecule has 1 aromatic carbocycles. The molecule has 0 radical (unpaired) electrons. The average Bonchev–Trinajstić information content (AvgIpc) is 3.57. The van der Waals surface area contributed by atoms with Crippen LogP contribution in [0.5, 0.6) is 5.75 Å². The third kappa shape index (κ3) is 3.90. The fourth-order valence-corrected chi connectivity index (χ4v) is 4.47. The Labute approximate surface area is 157 Å². The molecule has 0 N–H and O–H groups in total. The number of ether oxygens (including phenoxy) is 1. The molecule has 2 aliphatic carbocycles. The summed E-state index contributed by atoms with van der Waals surface area (Å²) in [7, 11) is 0. The van der Waals surface area contributed by atoms with E-state index in [1.165, 1.54) is 31.2 Å². The molecule has 0 aromatic heterocycles. The molecule has 26 heavy (non-hydrogen) atoms. The monoisotopic (exact) mass is 356 g/mol. The summed E-state index contributed by atoms with van der Waals surface area (Å²) >= 11 is 0. The van der Waals surface area contributed by atoms with E-state index >= 15 is 0 Å². The first kappa shape index (κ1) is 17.8. The highest BCUT2D eigenvalue weighted by molar-refractivity contribution is 5.79. The van der Waals surface area contributed by atoms with Gasteiger partial charge in [0.15, 0.2) is 0 Å². The summed E-state index contributed by atoms with van der Waals surface area (Å²) in [5.41, 5.74) is 1.24. The number of hydrogen-bond donors (Lipinski definition) is 0. The van der Waals surface area contributed by atoms with Gasteiger partial charge in [-0.2, -0.15) is 0 Å². The second-order valence-electron chi connectivity index (χ2n) is 8.23. The Balaban J connectivity index is 1.42. The summed E-state index contributed by atoms with van der Waals surface area (Å²) in [6.07, 6.45) is 7.40. The molecule has 1 aromatic rings. The summed E-state index contributed by atoms with van der Waals surface area (Å²) in [5, 5.41) is 0. The summed E-state index contributed by atoms with van der Waals surface area (Å²) in [6.45, 7) is 6.52. The minimum atomic E-state index is 0.232. The molecular formula is C22H32N2O2. The van der Waals surface area contributed by atoms with Gasteiger partial charge >= 0.3 is 0 Å². The molecular weight excluding hydrogens is 324 g/mol. The molecule has 1 amide bonds. The van der Waals surface area contributed by atoms with Crippen LogP contribution in [-0.4, -0.2) is 47.5 Å². The number of hydrogen-bond acceptors (Lipinski definition) is 3. The molecule has 142 valence electrons. The maximum atomic E-state index is 13.1. The summed E-state index contributed by atoms with van der Waals surface area (Å²) in [4.78, 5) is 17.8. The highest BCUT2D eigenvalue weighted by Crippen LogP contribution is 2.40. The van der Waals surface area contributed by atoms with Gasteiger partial charge in [0.1, 0.15) is 5.75 Å². The lowest BCUT2D eigenvalue weighted by molar-refractivity contribution is -0.134. The second kappa shape index (κ2) is 7.59. The second-order valence-corrected chi connectivity index (χ2v) is 8.23. The van der Waals surface area contributed by atoms with Crippen molar-refractivity contribution in [1.29, 1.82) is 0 Å². The topological polar surface area (TPSA) is 32.8 Å². The van der Waals surface area contributed by atoms with Crippen LogP contribution in [-0.2, 0) is 4.79 Å². The van der Waals surface area contributed by atoms with E-state index in [1.807, 2.05) is 19.1 Å². The van der Waals surface area contributed by atoms with E-state index in [4.69, 9.17) is 4.74 Å². The van der Waals surface area contributed by atoms with Crippen LogP contribution >= 0.6 is 0 Å². The van der Waals surface area contributed by atoms with E-state index in [0.29, 0.717) is 31.1 Å². The number of carbonyl (C=O) groups is 1. The van der Waals surface area contributed by atoms with Gasteiger partial charge in [-0.05, 0) is 76.0 Å². The zero-order valence-electron chi connectivity index (χ0n) is 16.2. The van der Waals surface area contributed by atoms with Crippen molar-refractivity contribution >= 4 is 5.91 Å². The summed E-state index contributed by atoms with van der Waals surface area (Å²) in [5.74, 6) is 2.05. The molecule has 2 saturated carbocycles. The van der Waals surface area contributed by atoms with Crippen molar-refractivity contribution in [3.8, 4) is 5.75 Å². The highest BCUT2D eigenvalue weighted by atomic mass is 16.5. The number of nitrogens with zero attached hydrogens (tertiary/aromatic N) is 2. The molecule has 1 aliphatic heterocycles. The van der Waals surface area contributed by atoms with Crippen molar-refractivity contribution in [3.63, 3.8) is 0 Å². The molecule has 1 heterocycles. The van der Waals surface area contributed by atoms with E-state index in [1.54, 1.807) is 0 Å². The molecule has 2 atom stereocenters. The van der Waals surface area contributed by atoms with Crippen LogP contribution < -0.4 is 4.74 Å². The predicted octanol–water partition coefficient (Wildman–Crippen LogP) is 4.01. The van der Waals surface area contributed by atoms with Gasteiger partial charge in [0.25, 0.3) is 0 Å². The number of carbonyl (C=O) groups excluding carboxylic acids is 1. The van der Waals surface area contributed by atoms with E-state index in [9.17, 15) is 4.79 Å². The molecule has 2 unspecified atom stereocenters. The third-order valence-corrected chi connectivity index (χ3v) is 6.31. The lowest BCUT2D eigenvalue weighted by Gasteiger charge is -2.32. The predicted molar refractivity (Wildman–Crippen MR) is 103 cm³/mol. The molecule has 3 fully saturated rings. The lowest BCUT2D eigenvalue weighted by Crippen LogP contribution is -2.45. The van der Waals surface area contributed by atoms with Crippen molar-refractivity contribution in [3.05, 3.63) is 29.8 Å². The van der Waals surface area contributed by atoms with Crippen LogP contribution in [0.25, 0.3) is 0 Å². The quantitative estimate of drug-likeness (QED) is 0.705. The summed E-state index contributed by atoms with van der Waals surface area (Å²) in [6, 6.07) is 9.78. The van der Waals surface area contributed by atoms with E-state index < -0.39 is 0 Å². The third-order valence-electron chi connectivity index (χ3n) is 6.31. The van der Waals surface area contributed by atoms with Gasteiger partial charge < -0.3 is 9.64 Å². The van der Waals surface area contributed by atoms with E-state index in [0.717, 1.165) is 31.1 Å². The minimum absolute atomic E-state index is 0.232. The first-order valence-electron chi connectivity index (χ1n) is 10.5. The number of benzene rings is 1. The zero-order chi connectivity index (χ0) is 18.1. The molecule has 3 aliphatic rings. The van der Waals surface area contributed by atoms with E-state index in [2.05, 4.69) is 28.9 Å². The molecule has 4 rings (SSSR count). The van der Waals surface area contributed by atoms with E-state index in [-0.39, 0.29) is 6.04 Å². The van der Waals surface area contributed by atoms with Crippen molar-refractivity contribution in [2.75, 3.05) is 19.7 Å². The Morgan fingerprint density at radius 3 is 2.54 bits per heavy atom. The van der Waals surface area contributed by atoms with Gasteiger partial charge in [-0.3, -0.25) is 9.69 Å². The van der Waals surface area contributed by atoms with Crippen molar-refractivity contribution in [2.24, 2.45) is 5.92 Å². The van der Waals surface area contributed by atoms with Gasteiger partial charge in [-0.15, -0.1) is 0 Å². The number of rotatable bonds is 8. The van der Waals surface area contributed by atoms with Crippen LogP contribution in [0.1, 0.15) is 64.0 Å². The Morgan fingerprint density at radius 1 is 1.19 bits per heavy atom. The van der Waals surface area contributed by atoms with Crippen LogP contribution in [0.15, 0.2) is 24.3 Å². The SMILES string of the molecule is CCOc1ccc(C2CCCN2C(=O)CN(C2CC2)C(C)C2CC2)cc1. The molecule has 4 heteroatoms. The Morgan fingerprint density at radius 2 is 1.92 bits per heavy atom. The normalized spacial score (nSPS) is 24.1. The van der Waals surface area contributed by atoms with Gasteiger partial charge in [-0.25, -0.2) is 0 Å². The Hall–Kier alpha value is -1.55. The average molecular weight is 357 g/mol. The van der Waals surface area contributed by atoms with Gasteiger partial charge in [0, 0.05) is 18.6 Å². The van der Waals surface area contributed by atoms with Crippen molar-refractivity contribution in [2.45, 2.75) is 70.5 Å². The molecule has 0 spiro atoms. The first-order chi connectivity index (χ1) is 12.7. The lowest BCUT2D eigenvalue weighted by atomic mass is 10.0. The first-order valence-corrected chi connectivity index (χ1v) is 10.5. The maximum Gasteiger partial charge on any atom is 0.237 e. The van der Waals surface area contributed by atoms with Gasteiger partial charge in [0.2, 0.25) is 5.91 Å². The standard InChI is InChI=1S/C22H32N2O2/c1-3-26-20-12-8-18(9-13-20)21-5-4-14-23(21)22(25)15-24(19-10-11-19)16(2)17-6-7-17/h8-9,12-13,16-17,19,21H,3-7,10-11,14-15H2,1-2H3. The van der Waals surface area contributed by atoms with Gasteiger partial charge in [-0.1, -0.05) is 12.1 Å². The van der Waals surface area contributed by atoms with Crippen LogP contribution in [0, 0.1) is 5.92 Å².